The van der Waals surface area contributed by atoms with E-state index in [-0.39, 0.29) is 6.10 Å². The molecule has 112 valence electrons. The van der Waals surface area contributed by atoms with Gasteiger partial charge in [0.15, 0.2) is 0 Å². The van der Waals surface area contributed by atoms with Crippen LogP contribution >= 0.6 is 0 Å². The van der Waals surface area contributed by atoms with E-state index >= 15 is 0 Å². The molecule has 0 aromatic heterocycles. The Labute approximate surface area is 122 Å². The lowest BCUT2D eigenvalue weighted by atomic mass is 9.97. The molecule has 0 saturated carbocycles. The van der Waals surface area contributed by atoms with Crippen LogP contribution in [-0.4, -0.2) is 38.5 Å². The predicted octanol–water partition coefficient (Wildman–Crippen LogP) is 2.75. The van der Waals surface area contributed by atoms with E-state index in [1.807, 2.05) is 0 Å². The van der Waals surface area contributed by atoms with Gasteiger partial charge in [0, 0.05) is 6.04 Å². The Morgan fingerprint density at radius 3 is 2.50 bits per heavy atom. The maximum absolute atomic E-state index is 5.84. The summed E-state index contributed by atoms with van der Waals surface area (Å²) in [6.45, 7) is 9.67. The molecule has 1 aliphatic heterocycles. The lowest BCUT2D eigenvalue weighted by molar-refractivity contribution is -0.101. The van der Waals surface area contributed by atoms with Crippen molar-refractivity contribution < 1.29 is 9.47 Å². The van der Waals surface area contributed by atoms with Crippen LogP contribution < -0.4 is 5.32 Å². The summed E-state index contributed by atoms with van der Waals surface area (Å²) in [4.78, 5) is 0. The number of rotatable bonds is 6. The number of benzene rings is 1. The van der Waals surface area contributed by atoms with Gasteiger partial charge in [-0.1, -0.05) is 45.0 Å². The highest BCUT2D eigenvalue weighted by Crippen LogP contribution is 2.17. The first-order chi connectivity index (χ1) is 9.70. The Morgan fingerprint density at radius 1 is 1.20 bits per heavy atom. The minimum atomic E-state index is 0.161. The van der Waals surface area contributed by atoms with Gasteiger partial charge in [-0.2, -0.15) is 0 Å². The summed E-state index contributed by atoms with van der Waals surface area (Å²) in [5.41, 5.74) is 2.75. The van der Waals surface area contributed by atoms with Crippen LogP contribution in [0.3, 0.4) is 0 Å². The fraction of sp³-hybridized carbons (Fsp3) is 0.647. The van der Waals surface area contributed by atoms with Gasteiger partial charge in [0.1, 0.15) is 0 Å². The monoisotopic (exact) mass is 277 g/mol. The van der Waals surface area contributed by atoms with Gasteiger partial charge >= 0.3 is 0 Å². The molecule has 1 fully saturated rings. The van der Waals surface area contributed by atoms with E-state index in [1.54, 1.807) is 0 Å². The lowest BCUT2D eigenvalue weighted by Gasteiger charge is -2.31. The summed E-state index contributed by atoms with van der Waals surface area (Å²) >= 11 is 0. The summed E-state index contributed by atoms with van der Waals surface area (Å²) in [7, 11) is 0. The average molecular weight is 277 g/mol. The molecule has 2 unspecified atom stereocenters. The highest BCUT2D eigenvalue weighted by molar-refractivity contribution is 5.25. The van der Waals surface area contributed by atoms with E-state index in [0.29, 0.717) is 25.2 Å². The van der Waals surface area contributed by atoms with Crippen LogP contribution in [0.25, 0.3) is 0 Å². The topological polar surface area (TPSA) is 30.5 Å². The predicted molar refractivity (Wildman–Crippen MR) is 82.3 cm³/mol. The Kier molecular flexibility index (Phi) is 6.02. The number of likely N-dealkylation sites (N-methyl/N-ethyl adjacent to an activating group) is 1. The van der Waals surface area contributed by atoms with Crippen molar-refractivity contribution in [2.45, 2.75) is 45.3 Å². The molecule has 1 saturated heterocycles. The van der Waals surface area contributed by atoms with Crippen molar-refractivity contribution in [2.75, 3.05) is 26.4 Å². The van der Waals surface area contributed by atoms with Crippen molar-refractivity contribution >= 4 is 0 Å². The van der Waals surface area contributed by atoms with Crippen LogP contribution in [0.5, 0.6) is 0 Å². The highest BCUT2D eigenvalue weighted by atomic mass is 16.6. The Bertz CT molecular complexity index is 382. The van der Waals surface area contributed by atoms with Crippen molar-refractivity contribution in [1.29, 1.82) is 0 Å². The fourth-order valence-corrected chi connectivity index (χ4v) is 2.63. The Hall–Kier alpha value is -0.900. The van der Waals surface area contributed by atoms with E-state index in [1.165, 1.54) is 11.1 Å². The minimum absolute atomic E-state index is 0.161. The SMILES string of the molecule is CCNC(Cc1ccc(C(C)C)cc1)C1COCCO1. The highest BCUT2D eigenvalue weighted by Gasteiger charge is 2.24. The molecule has 3 heteroatoms. The molecule has 1 N–H and O–H groups in total. The first-order valence-electron chi connectivity index (χ1n) is 7.72. The second-order valence-electron chi connectivity index (χ2n) is 5.75. The van der Waals surface area contributed by atoms with Gasteiger partial charge in [-0.05, 0) is 30.0 Å². The quantitative estimate of drug-likeness (QED) is 0.867. The van der Waals surface area contributed by atoms with Gasteiger partial charge in [0.25, 0.3) is 0 Å². The van der Waals surface area contributed by atoms with Gasteiger partial charge in [-0.25, -0.2) is 0 Å². The van der Waals surface area contributed by atoms with Crippen LogP contribution in [0.15, 0.2) is 24.3 Å². The summed E-state index contributed by atoms with van der Waals surface area (Å²) < 4.78 is 11.4. The normalized spacial score (nSPS) is 21.1. The van der Waals surface area contributed by atoms with E-state index in [0.717, 1.165) is 19.6 Å². The van der Waals surface area contributed by atoms with Crippen LogP contribution in [0.1, 0.15) is 37.8 Å². The molecule has 1 heterocycles. The van der Waals surface area contributed by atoms with Gasteiger partial charge < -0.3 is 14.8 Å². The first-order valence-corrected chi connectivity index (χ1v) is 7.72. The smallest absolute Gasteiger partial charge is 0.0965 e. The molecule has 0 amide bonds. The molecule has 2 atom stereocenters. The molecular formula is C17H27NO2. The van der Waals surface area contributed by atoms with Crippen LogP contribution in [0.2, 0.25) is 0 Å². The van der Waals surface area contributed by atoms with Gasteiger partial charge in [0.2, 0.25) is 0 Å². The van der Waals surface area contributed by atoms with Crippen molar-refractivity contribution in [3.05, 3.63) is 35.4 Å². The third-order valence-corrected chi connectivity index (χ3v) is 3.86. The minimum Gasteiger partial charge on any atom is -0.376 e. The number of nitrogens with one attached hydrogen (secondary N) is 1. The van der Waals surface area contributed by atoms with Gasteiger partial charge in [-0.3, -0.25) is 0 Å². The molecule has 0 aliphatic carbocycles. The largest absolute Gasteiger partial charge is 0.376 e. The van der Waals surface area contributed by atoms with Crippen molar-refractivity contribution in [2.24, 2.45) is 0 Å². The molecule has 0 radical (unpaired) electrons. The molecule has 1 aromatic carbocycles. The second-order valence-corrected chi connectivity index (χ2v) is 5.75. The van der Waals surface area contributed by atoms with Crippen molar-refractivity contribution in [1.82, 2.24) is 5.32 Å². The molecule has 3 nitrogen and oxygen atoms in total. The molecule has 1 aliphatic rings. The number of hydrogen-bond donors (Lipinski definition) is 1. The maximum Gasteiger partial charge on any atom is 0.0965 e. The average Bonchev–Trinajstić information content (AvgIpc) is 2.48. The lowest BCUT2D eigenvalue weighted by Crippen LogP contribution is -2.47. The van der Waals surface area contributed by atoms with Gasteiger partial charge in [0.05, 0.1) is 25.9 Å². The second kappa shape index (κ2) is 7.77. The third kappa shape index (κ3) is 4.30. The van der Waals surface area contributed by atoms with Crippen LogP contribution in [0.4, 0.5) is 0 Å². The zero-order valence-corrected chi connectivity index (χ0v) is 12.9. The van der Waals surface area contributed by atoms with E-state index in [2.05, 4.69) is 50.4 Å². The fourth-order valence-electron chi connectivity index (χ4n) is 2.63. The van der Waals surface area contributed by atoms with Gasteiger partial charge in [-0.15, -0.1) is 0 Å². The Morgan fingerprint density at radius 2 is 1.95 bits per heavy atom. The summed E-state index contributed by atoms with van der Waals surface area (Å²) in [5.74, 6) is 0.587. The first kappa shape index (κ1) is 15.5. The zero-order chi connectivity index (χ0) is 14.4. The van der Waals surface area contributed by atoms with Crippen molar-refractivity contribution in [3.63, 3.8) is 0 Å². The molecule has 20 heavy (non-hydrogen) atoms. The van der Waals surface area contributed by atoms with Crippen LogP contribution in [0, 0.1) is 0 Å². The number of hydrogen-bond acceptors (Lipinski definition) is 3. The molecule has 1 aromatic rings. The van der Waals surface area contributed by atoms with E-state index in [4.69, 9.17) is 9.47 Å². The standard InChI is InChI=1S/C17H27NO2/c1-4-18-16(17-12-19-9-10-20-17)11-14-5-7-15(8-6-14)13(2)3/h5-8,13,16-18H,4,9-12H2,1-3H3. The summed E-state index contributed by atoms with van der Waals surface area (Å²) in [5, 5.41) is 3.53. The summed E-state index contributed by atoms with van der Waals surface area (Å²) in [6, 6.07) is 9.28. The summed E-state index contributed by atoms with van der Waals surface area (Å²) in [6.07, 6.45) is 1.15. The van der Waals surface area contributed by atoms with E-state index in [9.17, 15) is 0 Å². The Balaban J connectivity index is 1.99. The molecule has 2 rings (SSSR count). The molecular weight excluding hydrogens is 250 g/mol. The van der Waals surface area contributed by atoms with Crippen LogP contribution in [-0.2, 0) is 15.9 Å². The number of ether oxygens (including phenoxy) is 2. The molecule has 0 spiro atoms. The van der Waals surface area contributed by atoms with Crippen molar-refractivity contribution in [3.8, 4) is 0 Å². The molecule has 0 bridgehead atoms. The van der Waals surface area contributed by atoms with E-state index < -0.39 is 0 Å². The zero-order valence-electron chi connectivity index (χ0n) is 12.9. The third-order valence-electron chi connectivity index (χ3n) is 3.86. The maximum atomic E-state index is 5.84.